The third-order valence-electron chi connectivity index (χ3n) is 4.86. The number of nitrogens with one attached hydrogen (secondary N) is 1. The molecule has 2 saturated carbocycles. The molecule has 3 atom stereocenters. The largest absolute Gasteiger partial charge is 0.314 e. The van der Waals surface area contributed by atoms with E-state index >= 15 is 0 Å². The molecule has 2 fully saturated rings. The van der Waals surface area contributed by atoms with Gasteiger partial charge in [-0.25, -0.2) is 0 Å². The van der Waals surface area contributed by atoms with E-state index in [9.17, 15) is 0 Å². The van der Waals surface area contributed by atoms with Crippen LogP contribution in [0, 0.1) is 11.8 Å². The molecule has 0 radical (unpaired) electrons. The molecule has 18 heavy (non-hydrogen) atoms. The lowest BCUT2D eigenvalue weighted by molar-refractivity contribution is 0.248. The summed E-state index contributed by atoms with van der Waals surface area (Å²) in [5.74, 6) is 2.74. The second-order valence-electron chi connectivity index (χ2n) is 6.11. The van der Waals surface area contributed by atoms with Crippen LogP contribution < -0.4 is 5.32 Å². The van der Waals surface area contributed by atoms with Gasteiger partial charge in [-0.05, 0) is 42.7 Å². The number of hydrogen-bond acceptors (Lipinski definition) is 1. The van der Waals surface area contributed by atoms with Crippen molar-refractivity contribution in [2.75, 3.05) is 6.54 Å². The van der Waals surface area contributed by atoms with E-state index in [2.05, 4.69) is 42.6 Å². The highest BCUT2D eigenvalue weighted by atomic mass is 14.9. The molecule has 2 aliphatic rings. The average Bonchev–Trinajstić information content (AvgIpc) is 3.13. The molecule has 98 valence electrons. The SMILES string of the molecule is CCNC(CC1CCC1)C1CC1c1ccccc1. The maximum Gasteiger partial charge on any atom is 0.0104 e. The molecule has 0 aliphatic heterocycles. The second kappa shape index (κ2) is 5.44. The Morgan fingerprint density at radius 3 is 2.61 bits per heavy atom. The maximum atomic E-state index is 3.74. The van der Waals surface area contributed by atoms with E-state index in [-0.39, 0.29) is 0 Å². The van der Waals surface area contributed by atoms with Gasteiger partial charge in [-0.15, -0.1) is 0 Å². The fraction of sp³-hybridized carbons (Fsp3) is 0.647. The topological polar surface area (TPSA) is 12.0 Å². The van der Waals surface area contributed by atoms with Gasteiger partial charge in [0.05, 0.1) is 0 Å². The molecule has 3 rings (SSSR count). The molecule has 0 aromatic heterocycles. The van der Waals surface area contributed by atoms with E-state index in [1.165, 1.54) is 32.1 Å². The van der Waals surface area contributed by atoms with E-state index in [4.69, 9.17) is 0 Å². The Labute approximate surface area is 111 Å². The van der Waals surface area contributed by atoms with Crippen LogP contribution in [0.15, 0.2) is 30.3 Å². The molecule has 0 amide bonds. The van der Waals surface area contributed by atoms with Crippen LogP contribution in [0.4, 0.5) is 0 Å². The first kappa shape index (κ1) is 12.2. The molecular formula is C17H25N. The molecule has 0 heterocycles. The minimum atomic E-state index is 0.769. The maximum absolute atomic E-state index is 3.74. The van der Waals surface area contributed by atoms with Gasteiger partial charge in [0, 0.05) is 6.04 Å². The van der Waals surface area contributed by atoms with Crippen molar-refractivity contribution in [3.8, 4) is 0 Å². The van der Waals surface area contributed by atoms with Crippen LogP contribution in [0.25, 0.3) is 0 Å². The first-order chi connectivity index (χ1) is 8.88. The summed E-state index contributed by atoms with van der Waals surface area (Å²) >= 11 is 0. The molecule has 1 N–H and O–H groups in total. The Balaban J connectivity index is 1.59. The van der Waals surface area contributed by atoms with Crippen molar-refractivity contribution in [1.82, 2.24) is 5.32 Å². The summed E-state index contributed by atoms with van der Waals surface area (Å²) in [5, 5.41) is 3.74. The van der Waals surface area contributed by atoms with Crippen LogP contribution >= 0.6 is 0 Å². The second-order valence-corrected chi connectivity index (χ2v) is 6.11. The van der Waals surface area contributed by atoms with Crippen LogP contribution in [0.3, 0.4) is 0 Å². The van der Waals surface area contributed by atoms with Gasteiger partial charge < -0.3 is 5.32 Å². The van der Waals surface area contributed by atoms with Gasteiger partial charge in [-0.1, -0.05) is 56.5 Å². The normalized spacial score (nSPS) is 28.7. The Kier molecular flexibility index (Phi) is 3.69. The fourth-order valence-corrected chi connectivity index (χ4v) is 3.50. The van der Waals surface area contributed by atoms with E-state index in [1.807, 2.05) is 0 Å². The average molecular weight is 243 g/mol. The Morgan fingerprint density at radius 2 is 2.00 bits per heavy atom. The zero-order chi connectivity index (χ0) is 12.4. The summed E-state index contributed by atoms with van der Waals surface area (Å²) < 4.78 is 0. The number of rotatable bonds is 6. The van der Waals surface area contributed by atoms with Crippen molar-refractivity contribution >= 4 is 0 Å². The monoisotopic (exact) mass is 243 g/mol. The van der Waals surface area contributed by atoms with Crippen molar-refractivity contribution in [3.63, 3.8) is 0 Å². The van der Waals surface area contributed by atoms with E-state index < -0.39 is 0 Å². The molecule has 0 spiro atoms. The standard InChI is InChI=1S/C17H25N/c1-2-18-17(11-13-7-6-8-13)16-12-15(16)14-9-4-3-5-10-14/h3-5,9-10,13,15-18H,2,6-8,11-12H2,1H3. The minimum Gasteiger partial charge on any atom is -0.314 e. The van der Waals surface area contributed by atoms with Gasteiger partial charge >= 0.3 is 0 Å². The van der Waals surface area contributed by atoms with Crippen LogP contribution in [0.1, 0.15) is 50.5 Å². The van der Waals surface area contributed by atoms with Gasteiger partial charge in [-0.3, -0.25) is 0 Å². The van der Waals surface area contributed by atoms with Crippen LogP contribution in [0.5, 0.6) is 0 Å². The predicted molar refractivity (Wildman–Crippen MR) is 76.7 cm³/mol. The van der Waals surface area contributed by atoms with Crippen LogP contribution in [-0.4, -0.2) is 12.6 Å². The van der Waals surface area contributed by atoms with Crippen LogP contribution in [0.2, 0.25) is 0 Å². The lowest BCUT2D eigenvalue weighted by atomic mass is 9.79. The molecule has 1 aromatic rings. The fourth-order valence-electron chi connectivity index (χ4n) is 3.50. The van der Waals surface area contributed by atoms with Crippen molar-refractivity contribution in [2.45, 2.75) is 51.0 Å². The summed E-state index contributed by atoms with van der Waals surface area (Å²) in [6.45, 7) is 3.36. The predicted octanol–water partition coefficient (Wildman–Crippen LogP) is 3.96. The quantitative estimate of drug-likeness (QED) is 0.797. The zero-order valence-electron chi connectivity index (χ0n) is 11.4. The zero-order valence-corrected chi connectivity index (χ0v) is 11.4. The van der Waals surface area contributed by atoms with E-state index in [0.29, 0.717) is 0 Å². The first-order valence-electron chi connectivity index (χ1n) is 7.66. The molecule has 0 saturated heterocycles. The summed E-state index contributed by atoms with van der Waals surface area (Å²) in [6.07, 6.45) is 7.24. The first-order valence-corrected chi connectivity index (χ1v) is 7.66. The summed E-state index contributed by atoms with van der Waals surface area (Å²) in [4.78, 5) is 0. The Bertz CT molecular complexity index is 368. The molecule has 1 heteroatoms. The Hall–Kier alpha value is -0.820. The number of hydrogen-bond donors (Lipinski definition) is 1. The van der Waals surface area contributed by atoms with Gasteiger partial charge in [-0.2, -0.15) is 0 Å². The van der Waals surface area contributed by atoms with Gasteiger partial charge in [0.1, 0.15) is 0 Å². The van der Waals surface area contributed by atoms with E-state index in [1.54, 1.807) is 5.56 Å². The summed E-state index contributed by atoms with van der Waals surface area (Å²) in [5.41, 5.74) is 1.55. The lowest BCUT2D eigenvalue weighted by Gasteiger charge is -2.30. The van der Waals surface area contributed by atoms with Gasteiger partial charge in [0.15, 0.2) is 0 Å². The summed E-state index contributed by atoms with van der Waals surface area (Å²) in [6, 6.07) is 11.9. The molecule has 3 unspecified atom stereocenters. The number of benzene rings is 1. The molecule has 1 aromatic carbocycles. The molecule has 0 bridgehead atoms. The highest BCUT2D eigenvalue weighted by Crippen LogP contribution is 2.51. The molecule has 2 aliphatic carbocycles. The lowest BCUT2D eigenvalue weighted by Crippen LogP contribution is -2.34. The third kappa shape index (κ3) is 2.61. The smallest absolute Gasteiger partial charge is 0.0104 e. The van der Waals surface area contributed by atoms with Crippen molar-refractivity contribution in [3.05, 3.63) is 35.9 Å². The van der Waals surface area contributed by atoms with Gasteiger partial charge in [0.25, 0.3) is 0 Å². The van der Waals surface area contributed by atoms with Crippen molar-refractivity contribution < 1.29 is 0 Å². The summed E-state index contributed by atoms with van der Waals surface area (Å²) in [7, 11) is 0. The van der Waals surface area contributed by atoms with Crippen molar-refractivity contribution in [2.24, 2.45) is 11.8 Å². The van der Waals surface area contributed by atoms with Crippen molar-refractivity contribution in [1.29, 1.82) is 0 Å². The van der Waals surface area contributed by atoms with Crippen LogP contribution in [-0.2, 0) is 0 Å². The molecular weight excluding hydrogens is 218 g/mol. The molecule has 1 nitrogen and oxygen atoms in total. The highest BCUT2D eigenvalue weighted by Gasteiger charge is 2.44. The third-order valence-corrected chi connectivity index (χ3v) is 4.86. The highest BCUT2D eigenvalue weighted by molar-refractivity contribution is 5.26. The van der Waals surface area contributed by atoms with E-state index in [0.717, 1.165) is 30.3 Å². The Morgan fingerprint density at radius 1 is 1.22 bits per heavy atom. The minimum absolute atomic E-state index is 0.769. The van der Waals surface area contributed by atoms with Gasteiger partial charge in [0.2, 0.25) is 0 Å².